The van der Waals surface area contributed by atoms with Crippen molar-refractivity contribution in [1.29, 1.82) is 0 Å². The summed E-state index contributed by atoms with van der Waals surface area (Å²) in [4.78, 5) is 19.5. The molecule has 1 amide bonds. The maximum atomic E-state index is 12.5. The molecule has 25 heavy (non-hydrogen) atoms. The Morgan fingerprint density at radius 3 is 2.64 bits per heavy atom. The summed E-state index contributed by atoms with van der Waals surface area (Å²) in [6.07, 6.45) is 0. The lowest BCUT2D eigenvalue weighted by Crippen LogP contribution is -2.26. The highest BCUT2D eigenvalue weighted by Gasteiger charge is 2.17. The quantitative estimate of drug-likeness (QED) is 0.620. The Kier molecular flexibility index (Phi) is 5.40. The molecule has 0 aliphatic heterocycles. The molecule has 4 nitrogen and oxygen atoms in total. The Bertz CT molecular complexity index is 833. The van der Waals surface area contributed by atoms with Crippen molar-refractivity contribution in [2.45, 2.75) is 13.2 Å². The molecule has 0 atom stereocenters. The maximum Gasteiger partial charge on any atom is 0.387 e. The molecule has 130 valence electrons. The Morgan fingerprint density at radius 2 is 2.00 bits per heavy atom. The van der Waals surface area contributed by atoms with Crippen LogP contribution in [-0.4, -0.2) is 29.5 Å². The van der Waals surface area contributed by atoms with Crippen molar-refractivity contribution in [3.63, 3.8) is 0 Å². The fourth-order valence-corrected chi connectivity index (χ4v) is 3.81. The number of aromatic nitrogens is 1. The third-order valence-electron chi connectivity index (χ3n) is 3.37. The van der Waals surface area contributed by atoms with Crippen molar-refractivity contribution >= 4 is 28.6 Å². The molecule has 2 heterocycles. The van der Waals surface area contributed by atoms with Crippen LogP contribution in [0, 0.1) is 0 Å². The van der Waals surface area contributed by atoms with Gasteiger partial charge in [0, 0.05) is 19.0 Å². The first-order valence-electron chi connectivity index (χ1n) is 7.31. The monoisotopic (exact) mass is 380 g/mol. The van der Waals surface area contributed by atoms with E-state index in [1.807, 2.05) is 17.5 Å². The average Bonchev–Trinajstić information content (AvgIpc) is 3.26. The predicted molar refractivity (Wildman–Crippen MR) is 94.3 cm³/mol. The molecule has 3 aromatic rings. The van der Waals surface area contributed by atoms with Gasteiger partial charge in [-0.1, -0.05) is 18.2 Å². The molecule has 0 saturated carbocycles. The van der Waals surface area contributed by atoms with Gasteiger partial charge in [-0.05, 0) is 29.1 Å². The van der Waals surface area contributed by atoms with Crippen molar-refractivity contribution in [1.82, 2.24) is 9.88 Å². The van der Waals surface area contributed by atoms with Crippen LogP contribution < -0.4 is 4.74 Å². The number of thiophene rings is 1. The maximum absolute atomic E-state index is 12.5. The number of ether oxygens (including phenoxy) is 1. The van der Waals surface area contributed by atoms with E-state index < -0.39 is 6.61 Å². The number of halogens is 2. The lowest BCUT2D eigenvalue weighted by molar-refractivity contribution is -0.0498. The molecule has 1 aromatic carbocycles. The van der Waals surface area contributed by atoms with Gasteiger partial charge in [-0.2, -0.15) is 8.78 Å². The van der Waals surface area contributed by atoms with Crippen LogP contribution in [0.1, 0.15) is 16.1 Å². The Balaban J connectivity index is 1.64. The zero-order chi connectivity index (χ0) is 17.8. The van der Waals surface area contributed by atoms with Crippen LogP contribution in [0.15, 0.2) is 47.2 Å². The summed E-state index contributed by atoms with van der Waals surface area (Å²) in [5, 5.41) is 4.53. The largest absolute Gasteiger partial charge is 0.435 e. The van der Waals surface area contributed by atoms with Gasteiger partial charge in [-0.25, -0.2) is 4.98 Å². The van der Waals surface area contributed by atoms with E-state index in [1.54, 1.807) is 35.9 Å². The first-order chi connectivity index (χ1) is 12.0. The van der Waals surface area contributed by atoms with Gasteiger partial charge in [0.2, 0.25) is 0 Å². The minimum atomic E-state index is -2.85. The summed E-state index contributed by atoms with van der Waals surface area (Å²) in [7, 11) is 1.68. The van der Waals surface area contributed by atoms with Gasteiger partial charge in [-0.3, -0.25) is 4.79 Å². The van der Waals surface area contributed by atoms with E-state index in [2.05, 4.69) is 9.72 Å². The van der Waals surface area contributed by atoms with Gasteiger partial charge in [0.1, 0.15) is 16.5 Å². The smallest absolute Gasteiger partial charge is 0.387 e. The van der Waals surface area contributed by atoms with E-state index in [0.717, 1.165) is 15.4 Å². The number of carbonyl (C=O) groups excluding carboxylic acids is 1. The molecule has 0 aliphatic carbocycles. The van der Waals surface area contributed by atoms with E-state index in [9.17, 15) is 13.6 Å². The summed E-state index contributed by atoms with van der Waals surface area (Å²) in [6, 6.07) is 10.1. The summed E-state index contributed by atoms with van der Waals surface area (Å²) in [5.74, 6) is -0.0974. The number of rotatable bonds is 6. The zero-order valence-electron chi connectivity index (χ0n) is 13.2. The van der Waals surface area contributed by atoms with Crippen LogP contribution in [0.25, 0.3) is 9.88 Å². The van der Waals surface area contributed by atoms with Crippen molar-refractivity contribution in [3.8, 4) is 15.6 Å². The fraction of sp³-hybridized carbons (Fsp3) is 0.176. The van der Waals surface area contributed by atoms with Crippen molar-refractivity contribution in [3.05, 3.63) is 58.4 Å². The topological polar surface area (TPSA) is 42.4 Å². The van der Waals surface area contributed by atoms with Gasteiger partial charge < -0.3 is 9.64 Å². The molecule has 0 unspecified atom stereocenters. The molecule has 0 fully saturated rings. The molecule has 0 spiro atoms. The molecule has 0 aliphatic rings. The molecular formula is C17H14F2N2O2S2. The highest BCUT2D eigenvalue weighted by molar-refractivity contribution is 7.20. The second kappa shape index (κ2) is 7.71. The van der Waals surface area contributed by atoms with Crippen LogP contribution in [0.2, 0.25) is 0 Å². The highest BCUT2D eigenvalue weighted by Crippen LogP contribution is 2.28. The number of benzene rings is 1. The molecule has 0 bridgehead atoms. The Hall–Kier alpha value is -2.32. The Labute approximate surface area is 151 Å². The highest BCUT2D eigenvalue weighted by atomic mass is 32.1. The molecule has 2 aromatic heterocycles. The molecule has 0 N–H and O–H groups in total. The van der Waals surface area contributed by atoms with Gasteiger partial charge in [0.05, 0.1) is 4.88 Å². The van der Waals surface area contributed by atoms with Gasteiger partial charge in [0.25, 0.3) is 5.91 Å². The minimum absolute atomic E-state index is 0.0906. The normalized spacial score (nSPS) is 10.9. The first-order valence-corrected chi connectivity index (χ1v) is 9.07. The standard InChI is InChI=1S/C17H14F2N2O2S2/c1-21(9-11-4-6-12(7-5-11)23-17(18)19)16(22)13-10-25-15(20-13)14-3-2-8-24-14/h2-8,10,17H,9H2,1H3. The van der Waals surface area contributed by atoms with E-state index in [0.29, 0.717) is 12.2 Å². The molecule has 0 saturated heterocycles. The number of thiazole rings is 1. The summed E-state index contributed by atoms with van der Waals surface area (Å²) in [6.45, 7) is -2.50. The number of amides is 1. The van der Waals surface area contributed by atoms with Gasteiger partial charge in [-0.15, -0.1) is 22.7 Å². The lowest BCUT2D eigenvalue weighted by Gasteiger charge is -2.16. The van der Waals surface area contributed by atoms with Crippen LogP contribution in [0.3, 0.4) is 0 Å². The van der Waals surface area contributed by atoms with E-state index in [4.69, 9.17) is 0 Å². The average molecular weight is 380 g/mol. The third kappa shape index (κ3) is 4.40. The Morgan fingerprint density at radius 1 is 1.24 bits per heavy atom. The molecule has 3 rings (SSSR count). The second-order valence-electron chi connectivity index (χ2n) is 5.20. The van der Waals surface area contributed by atoms with Crippen LogP contribution >= 0.6 is 22.7 Å². The second-order valence-corrected chi connectivity index (χ2v) is 7.00. The predicted octanol–water partition coefficient (Wildman–Crippen LogP) is 4.75. The number of nitrogens with zero attached hydrogens (tertiary/aromatic N) is 2. The van der Waals surface area contributed by atoms with Crippen LogP contribution in [-0.2, 0) is 6.54 Å². The first kappa shape index (κ1) is 17.5. The fourth-order valence-electron chi connectivity index (χ4n) is 2.20. The van der Waals surface area contributed by atoms with Gasteiger partial charge >= 0.3 is 6.61 Å². The number of hydrogen-bond acceptors (Lipinski definition) is 5. The zero-order valence-corrected chi connectivity index (χ0v) is 14.8. The van der Waals surface area contributed by atoms with E-state index in [-0.39, 0.29) is 11.7 Å². The lowest BCUT2D eigenvalue weighted by atomic mass is 10.2. The summed E-state index contributed by atoms with van der Waals surface area (Å²) < 4.78 is 28.6. The molecule has 8 heteroatoms. The van der Waals surface area contributed by atoms with Crippen LogP contribution in [0.4, 0.5) is 8.78 Å². The van der Waals surface area contributed by atoms with Gasteiger partial charge in [0.15, 0.2) is 0 Å². The molecular weight excluding hydrogens is 366 g/mol. The SMILES string of the molecule is CN(Cc1ccc(OC(F)F)cc1)C(=O)c1csc(-c2cccs2)n1. The third-order valence-corrected chi connectivity index (χ3v) is 5.25. The summed E-state index contributed by atoms with van der Waals surface area (Å²) >= 11 is 3.01. The molecule has 0 radical (unpaired) electrons. The van der Waals surface area contributed by atoms with Crippen molar-refractivity contribution in [2.24, 2.45) is 0 Å². The van der Waals surface area contributed by atoms with E-state index in [1.165, 1.54) is 28.4 Å². The van der Waals surface area contributed by atoms with E-state index >= 15 is 0 Å². The summed E-state index contributed by atoms with van der Waals surface area (Å²) in [5.41, 5.74) is 1.21. The van der Waals surface area contributed by atoms with Crippen molar-refractivity contribution in [2.75, 3.05) is 7.05 Å². The van der Waals surface area contributed by atoms with Crippen molar-refractivity contribution < 1.29 is 18.3 Å². The number of alkyl halides is 2. The minimum Gasteiger partial charge on any atom is -0.435 e. The van der Waals surface area contributed by atoms with Crippen LogP contribution in [0.5, 0.6) is 5.75 Å². The number of carbonyl (C=O) groups is 1. The number of hydrogen-bond donors (Lipinski definition) is 0.